The van der Waals surface area contributed by atoms with E-state index in [-0.39, 0.29) is 11.8 Å². The van der Waals surface area contributed by atoms with Gasteiger partial charge in [-0.1, -0.05) is 6.92 Å². The monoisotopic (exact) mass is 249 g/mol. The van der Waals surface area contributed by atoms with Gasteiger partial charge in [0.2, 0.25) is 5.91 Å². The van der Waals surface area contributed by atoms with E-state index in [0.29, 0.717) is 25.9 Å². The molecule has 0 aromatic heterocycles. The van der Waals surface area contributed by atoms with Crippen molar-refractivity contribution in [1.29, 1.82) is 0 Å². The molecular formula is C10H23NO4Si. The van der Waals surface area contributed by atoms with Crippen LogP contribution < -0.4 is 5.73 Å². The Hall–Kier alpha value is -0.433. The van der Waals surface area contributed by atoms with Crippen molar-refractivity contribution in [2.24, 2.45) is 11.7 Å². The second-order valence-electron chi connectivity index (χ2n) is 3.49. The molecular weight excluding hydrogens is 226 g/mol. The second kappa shape index (κ2) is 7.78. The van der Waals surface area contributed by atoms with Crippen LogP contribution in [0.1, 0.15) is 27.7 Å². The van der Waals surface area contributed by atoms with Crippen molar-refractivity contribution in [1.82, 2.24) is 0 Å². The third-order valence-corrected chi connectivity index (χ3v) is 5.43. The highest BCUT2D eigenvalue weighted by Gasteiger charge is 2.42. The van der Waals surface area contributed by atoms with Crippen LogP contribution in [-0.4, -0.2) is 34.5 Å². The third kappa shape index (κ3) is 5.07. The van der Waals surface area contributed by atoms with Crippen LogP contribution in [0.2, 0.25) is 6.04 Å². The fourth-order valence-corrected chi connectivity index (χ4v) is 4.31. The van der Waals surface area contributed by atoms with E-state index in [9.17, 15) is 4.79 Å². The number of rotatable bonds is 9. The summed E-state index contributed by atoms with van der Waals surface area (Å²) >= 11 is 0. The number of hydrogen-bond donors (Lipinski definition) is 1. The van der Waals surface area contributed by atoms with E-state index in [4.69, 9.17) is 19.0 Å². The van der Waals surface area contributed by atoms with Crippen LogP contribution in [0.5, 0.6) is 0 Å². The number of primary amides is 1. The van der Waals surface area contributed by atoms with Gasteiger partial charge in [0, 0.05) is 31.8 Å². The normalized spacial score (nSPS) is 13.8. The Morgan fingerprint density at radius 3 is 1.75 bits per heavy atom. The molecule has 2 N–H and O–H groups in total. The molecule has 0 aromatic carbocycles. The molecule has 0 bridgehead atoms. The minimum Gasteiger partial charge on any atom is -0.374 e. The molecule has 16 heavy (non-hydrogen) atoms. The van der Waals surface area contributed by atoms with Crippen LogP contribution in [0.4, 0.5) is 0 Å². The lowest BCUT2D eigenvalue weighted by Gasteiger charge is -2.29. The first-order chi connectivity index (χ1) is 7.51. The average molecular weight is 249 g/mol. The largest absolute Gasteiger partial charge is 0.501 e. The van der Waals surface area contributed by atoms with Crippen molar-refractivity contribution in [2.45, 2.75) is 33.7 Å². The van der Waals surface area contributed by atoms with Gasteiger partial charge < -0.3 is 19.0 Å². The molecule has 0 aliphatic carbocycles. The minimum atomic E-state index is -2.72. The summed E-state index contributed by atoms with van der Waals surface area (Å²) in [5, 5.41) is 0. The first-order valence-electron chi connectivity index (χ1n) is 5.72. The topological polar surface area (TPSA) is 70.8 Å². The zero-order chi connectivity index (χ0) is 12.6. The summed E-state index contributed by atoms with van der Waals surface area (Å²) in [4.78, 5) is 11.1. The maximum absolute atomic E-state index is 11.1. The van der Waals surface area contributed by atoms with Gasteiger partial charge in [-0.3, -0.25) is 4.79 Å². The lowest BCUT2D eigenvalue weighted by Crippen LogP contribution is -2.48. The molecule has 0 rings (SSSR count). The Morgan fingerprint density at radius 1 is 1.12 bits per heavy atom. The molecule has 5 nitrogen and oxygen atoms in total. The molecule has 0 fully saturated rings. The van der Waals surface area contributed by atoms with E-state index in [0.717, 1.165) is 0 Å². The van der Waals surface area contributed by atoms with Crippen molar-refractivity contribution < 1.29 is 18.1 Å². The van der Waals surface area contributed by atoms with Gasteiger partial charge in [-0.15, -0.1) is 0 Å². The van der Waals surface area contributed by atoms with Gasteiger partial charge in [-0.25, -0.2) is 0 Å². The average Bonchev–Trinajstić information content (AvgIpc) is 2.18. The van der Waals surface area contributed by atoms with Crippen LogP contribution in [0.15, 0.2) is 0 Å². The SMILES string of the molecule is CCO[Si](CC(C)C(N)=O)(OCC)OCC. The summed E-state index contributed by atoms with van der Waals surface area (Å²) < 4.78 is 16.9. The number of nitrogens with two attached hydrogens (primary N) is 1. The van der Waals surface area contributed by atoms with Gasteiger partial charge >= 0.3 is 8.80 Å². The highest BCUT2D eigenvalue weighted by atomic mass is 28.4. The third-order valence-electron chi connectivity index (χ3n) is 2.13. The molecule has 0 aliphatic rings. The lowest BCUT2D eigenvalue weighted by atomic mass is 10.2. The summed E-state index contributed by atoms with van der Waals surface area (Å²) in [7, 11) is -2.72. The van der Waals surface area contributed by atoms with Crippen molar-refractivity contribution in [2.75, 3.05) is 19.8 Å². The van der Waals surface area contributed by atoms with Crippen LogP contribution in [0.3, 0.4) is 0 Å². The second-order valence-corrected chi connectivity index (χ2v) is 6.13. The molecule has 0 spiro atoms. The van der Waals surface area contributed by atoms with Crippen LogP contribution in [0, 0.1) is 5.92 Å². The van der Waals surface area contributed by atoms with Crippen LogP contribution >= 0.6 is 0 Å². The Kier molecular flexibility index (Phi) is 7.57. The molecule has 6 heteroatoms. The Morgan fingerprint density at radius 2 is 1.50 bits per heavy atom. The minimum absolute atomic E-state index is 0.295. The van der Waals surface area contributed by atoms with Crippen molar-refractivity contribution >= 4 is 14.7 Å². The standard InChI is InChI=1S/C10H23NO4Si/c1-5-13-16(14-6-2,15-7-3)8-9(4)10(11)12/h9H,5-8H2,1-4H3,(H2,11,12). The van der Waals surface area contributed by atoms with Gasteiger partial charge in [0.1, 0.15) is 0 Å². The fourth-order valence-electron chi connectivity index (χ4n) is 1.44. The van der Waals surface area contributed by atoms with Gasteiger partial charge in [-0.05, 0) is 20.8 Å². The Bertz CT molecular complexity index is 196. The molecule has 1 amide bonds. The van der Waals surface area contributed by atoms with Gasteiger partial charge in [-0.2, -0.15) is 0 Å². The molecule has 0 heterocycles. The summed E-state index contributed by atoms with van der Waals surface area (Å²) in [6.45, 7) is 8.95. The smallest absolute Gasteiger partial charge is 0.374 e. The van der Waals surface area contributed by atoms with Crippen LogP contribution in [0.25, 0.3) is 0 Å². The van der Waals surface area contributed by atoms with E-state index in [2.05, 4.69) is 0 Å². The summed E-state index contributed by atoms with van der Waals surface area (Å²) in [5.74, 6) is -0.646. The summed E-state index contributed by atoms with van der Waals surface area (Å²) in [5.41, 5.74) is 5.25. The van der Waals surface area contributed by atoms with E-state index in [1.54, 1.807) is 6.92 Å². The quantitative estimate of drug-likeness (QED) is 0.622. The molecule has 0 radical (unpaired) electrons. The van der Waals surface area contributed by atoms with E-state index in [1.807, 2.05) is 20.8 Å². The predicted molar refractivity (Wildman–Crippen MR) is 63.8 cm³/mol. The van der Waals surface area contributed by atoms with Gasteiger partial charge in [0.15, 0.2) is 0 Å². The molecule has 0 aromatic rings. The molecule has 1 unspecified atom stereocenters. The van der Waals surface area contributed by atoms with Crippen LogP contribution in [-0.2, 0) is 18.1 Å². The molecule has 0 aliphatic heterocycles. The van der Waals surface area contributed by atoms with Crippen molar-refractivity contribution in [3.8, 4) is 0 Å². The molecule has 0 saturated carbocycles. The summed E-state index contributed by atoms with van der Waals surface area (Å²) in [6.07, 6.45) is 0. The summed E-state index contributed by atoms with van der Waals surface area (Å²) in [6, 6.07) is 0.442. The van der Waals surface area contributed by atoms with Crippen molar-refractivity contribution in [3.63, 3.8) is 0 Å². The highest BCUT2D eigenvalue weighted by Crippen LogP contribution is 2.21. The molecule has 96 valence electrons. The van der Waals surface area contributed by atoms with E-state index < -0.39 is 8.80 Å². The Balaban J connectivity index is 4.64. The first-order valence-corrected chi connectivity index (χ1v) is 7.65. The molecule has 1 atom stereocenters. The van der Waals surface area contributed by atoms with E-state index >= 15 is 0 Å². The van der Waals surface area contributed by atoms with E-state index in [1.165, 1.54) is 0 Å². The zero-order valence-electron chi connectivity index (χ0n) is 10.6. The Labute approximate surface area is 98.6 Å². The highest BCUT2D eigenvalue weighted by molar-refractivity contribution is 6.61. The zero-order valence-corrected chi connectivity index (χ0v) is 11.6. The first kappa shape index (κ1) is 15.6. The van der Waals surface area contributed by atoms with Gasteiger partial charge in [0.05, 0.1) is 0 Å². The van der Waals surface area contributed by atoms with Crippen molar-refractivity contribution in [3.05, 3.63) is 0 Å². The number of carbonyl (C=O) groups excluding carboxylic acids is 1. The lowest BCUT2D eigenvalue weighted by molar-refractivity contribution is -0.121. The molecule has 0 saturated heterocycles. The van der Waals surface area contributed by atoms with Gasteiger partial charge in [0.25, 0.3) is 0 Å². The maximum atomic E-state index is 11.1. The predicted octanol–water partition coefficient (Wildman–Crippen LogP) is 1.16. The number of hydrogen-bond acceptors (Lipinski definition) is 4. The maximum Gasteiger partial charge on any atom is 0.501 e. The fraction of sp³-hybridized carbons (Fsp3) is 0.900. The number of amides is 1. The number of carbonyl (C=O) groups is 1.